The lowest BCUT2D eigenvalue weighted by molar-refractivity contribution is 0.350. The van der Waals surface area contributed by atoms with Crippen molar-refractivity contribution >= 4 is 35.5 Å². The topological polar surface area (TPSA) is 9.23 Å². The number of hydrogen-bond acceptors (Lipinski definition) is 1. The van der Waals surface area contributed by atoms with Crippen molar-refractivity contribution in [2.45, 2.75) is 20.8 Å². The molecular formula is C23H25ClOSi. The number of halogens is 1. The number of rotatable bonds is 6. The number of benzene rings is 3. The summed E-state index contributed by atoms with van der Waals surface area (Å²) in [6.07, 6.45) is 0. The highest BCUT2D eigenvalue weighted by atomic mass is 35.5. The van der Waals surface area contributed by atoms with E-state index in [-0.39, 0.29) is 0 Å². The van der Waals surface area contributed by atoms with Gasteiger partial charge < -0.3 is 4.43 Å². The number of hydrogen-bond donors (Lipinski definition) is 0. The van der Waals surface area contributed by atoms with Gasteiger partial charge in [-0.05, 0) is 53.0 Å². The van der Waals surface area contributed by atoms with Gasteiger partial charge in [-0.25, -0.2) is 0 Å². The van der Waals surface area contributed by atoms with E-state index in [1.54, 1.807) is 0 Å². The van der Waals surface area contributed by atoms with Gasteiger partial charge in [-0.1, -0.05) is 72.8 Å². The Labute approximate surface area is 162 Å². The normalized spacial score (nSPS) is 11.5. The molecule has 0 saturated heterocycles. The molecule has 0 unspecified atom stereocenters. The Bertz CT molecular complexity index is 780. The van der Waals surface area contributed by atoms with E-state index in [2.05, 4.69) is 93.6 Å². The highest BCUT2D eigenvalue weighted by Gasteiger charge is 2.44. The van der Waals surface area contributed by atoms with E-state index in [1.165, 1.54) is 32.3 Å². The quantitative estimate of drug-likeness (QED) is 0.358. The van der Waals surface area contributed by atoms with Crippen LogP contribution in [0.2, 0.25) is 0 Å². The molecule has 0 amide bonds. The second kappa shape index (κ2) is 8.21. The summed E-state index contributed by atoms with van der Waals surface area (Å²) in [4.78, 5) is 0. The molecule has 0 aliphatic heterocycles. The molecule has 26 heavy (non-hydrogen) atoms. The molecule has 3 aromatic carbocycles. The smallest absolute Gasteiger partial charge is 0.289 e. The van der Waals surface area contributed by atoms with Gasteiger partial charge in [0, 0.05) is 12.5 Å². The maximum atomic E-state index is 6.79. The first-order valence-electron chi connectivity index (χ1n) is 8.99. The summed E-state index contributed by atoms with van der Waals surface area (Å²) in [5.41, 5.74) is 3.79. The third-order valence-corrected chi connectivity index (χ3v) is 9.72. The second-order valence-corrected chi connectivity index (χ2v) is 10.3. The third kappa shape index (κ3) is 3.37. The van der Waals surface area contributed by atoms with Crippen LogP contribution in [0.1, 0.15) is 16.7 Å². The van der Waals surface area contributed by atoms with E-state index < -0.39 is 8.32 Å². The second-order valence-electron chi connectivity index (χ2n) is 6.66. The van der Waals surface area contributed by atoms with Gasteiger partial charge in [-0.3, -0.25) is 0 Å². The van der Waals surface area contributed by atoms with Crippen LogP contribution in [0.3, 0.4) is 0 Å². The largest absolute Gasteiger partial charge is 0.403 e. The fourth-order valence-electron chi connectivity index (χ4n) is 3.76. The van der Waals surface area contributed by atoms with Crippen molar-refractivity contribution in [1.29, 1.82) is 0 Å². The minimum atomic E-state index is -2.66. The van der Waals surface area contributed by atoms with E-state index >= 15 is 0 Å². The number of alkyl halides is 1. The predicted molar refractivity (Wildman–Crippen MR) is 115 cm³/mol. The summed E-state index contributed by atoms with van der Waals surface area (Å²) >= 11 is 6.09. The molecule has 0 N–H and O–H groups in total. The Morgan fingerprint density at radius 1 is 0.654 bits per heavy atom. The SMILES string of the molecule is Cc1ccccc1[Si](OCCCl)(c1ccccc1C)c1ccccc1C. The molecule has 0 saturated carbocycles. The summed E-state index contributed by atoms with van der Waals surface area (Å²) in [6.45, 7) is 7.07. The fourth-order valence-corrected chi connectivity index (χ4v) is 8.62. The van der Waals surface area contributed by atoms with Gasteiger partial charge in [-0.15, -0.1) is 11.6 Å². The standard InChI is InChI=1S/C23H25ClOSi/c1-18-10-4-7-13-21(18)26(25-17-16-24,22-14-8-5-11-19(22)2)23-15-9-6-12-20(23)3/h4-15H,16-17H2,1-3H3. The molecule has 0 aliphatic rings. The minimum absolute atomic E-state index is 0.485. The lowest BCUT2D eigenvalue weighted by Crippen LogP contribution is -2.71. The lowest BCUT2D eigenvalue weighted by atomic mass is 10.2. The molecule has 0 atom stereocenters. The lowest BCUT2D eigenvalue weighted by Gasteiger charge is -2.36. The Kier molecular flexibility index (Phi) is 5.97. The van der Waals surface area contributed by atoms with Crippen LogP contribution >= 0.6 is 11.6 Å². The van der Waals surface area contributed by atoms with E-state index in [9.17, 15) is 0 Å². The molecule has 3 rings (SSSR count). The molecule has 0 bridgehead atoms. The molecule has 0 aliphatic carbocycles. The van der Waals surface area contributed by atoms with Crippen LogP contribution < -0.4 is 15.6 Å². The zero-order valence-electron chi connectivity index (χ0n) is 15.6. The molecule has 0 heterocycles. The van der Waals surface area contributed by atoms with Gasteiger partial charge in [0.25, 0.3) is 8.32 Å². The van der Waals surface area contributed by atoms with Crippen molar-refractivity contribution in [2.75, 3.05) is 12.5 Å². The van der Waals surface area contributed by atoms with Crippen LogP contribution in [0.15, 0.2) is 72.8 Å². The van der Waals surface area contributed by atoms with Crippen molar-refractivity contribution in [3.05, 3.63) is 89.5 Å². The Morgan fingerprint density at radius 2 is 1.00 bits per heavy atom. The van der Waals surface area contributed by atoms with Crippen molar-refractivity contribution < 1.29 is 4.43 Å². The van der Waals surface area contributed by atoms with E-state index in [0.29, 0.717) is 12.5 Å². The van der Waals surface area contributed by atoms with Gasteiger partial charge in [0.05, 0.1) is 0 Å². The van der Waals surface area contributed by atoms with Gasteiger partial charge >= 0.3 is 0 Å². The summed E-state index contributed by atoms with van der Waals surface area (Å²) in [5.74, 6) is 0.485. The Hall–Kier alpha value is -1.87. The first-order valence-corrected chi connectivity index (χ1v) is 11.4. The fraction of sp³-hybridized carbons (Fsp3) is 0.217. The van der Waals surface area contributed by atoms with E-state index in [1.807, 2.05) is 0 Å². The van der Waals surface area contributed by atoms with Crippen molar-refractivity contribution in [2.24, 2.45) is 0 Å². The summed E-state index contributed by atoms with van der Waals surface area (Å²) < 4.78 is 6.79. The highest BCUT2D eigenvalue weighted by molar-refractivity contribution is 7.07. The Morgan fingerprint density at radius 3 is 1.31 bits per heavy atom. The van der Waals surface area contributed by atoms with Gasteiger partial charge in [-0.2, -0.15) is 0 Å². The van der Waals surface area contributed by atoms with Crippen LogP contribution in [0.5, 0.6) is 0 Å². The van der Waals surface area contributed by atoms with Crippen molar-refractivity contribution in [3.8, 4) is 0 Å². The van der Waals surface area contributed by atoms with E-state index in [4.69, 9.17) is 16.0 Å². The molecular weight excluding hydrogens is 356 g/mol. The van der Waals surface area contributed by atoms with Crippen LogP contribution in [-0.4, -0.2) is 20.8 Å². The summed E-state index contributed by atoms with van der Waals surface area (Å²) in [6, 6.07) is 25.9. The Balaban J connectivity index is 2.41. The van der Waals surface area contributed by atoms with Gasteiger partial charge in [0.2, 0.25) is 0 Å². The van der Waals surface area contributed by atoms with Crippen LogP contribution in [0, 0.1) is 20.8 Å². The first-order chi connectivity index (χ1) is 12.6. The van der Waals surface area contributed by atoms with E-state index in [0.717, 1.165) is 0 Å². The van der Waals surface area contributed by atoms with Crippen LogP contribution in [-0.2, 0) is 4.43 Å². The summed E-state index contributed by atoms with van der Waals surface area (Å²) in [7, 11) is -2.66. The third-order valence-electron chi connectivity index (χ3n) is 4.97. The zero-order chi connectivity index (χ0) is 18.6. The molecule has 0 radical (unpaired) electrons. The monoisotopic (exact) mass is 380 g/mol. The predicted octanol–water partition coefficient (Wildman–Crippen LogP) is 3.83. The first kappa shape index (κ1) is 18.9. The van der Waals surface area contributed by atoms with Crippen LogP contribution in [0.4, 0.5) is 0 Å². The molecule has 134 valence electrons. The van der Waals surface area contributed by atoms with Gasteiger partial charge in [0.1, 0.15) is 0 Å². The summed E-state index contributed by atoms with van der Waals surface area (Å²) in [5, 5.41) is 3.90. The molecule has 0 fully saturated rings. The maximum Gasteiger partial charge on any atom is 0.289 e. The average molecular weight is 381 g/mol. The molecule has 3 aromatic rings. The van der Waals surface area contributed by atoms with Crippen molar-refractivity contribution in [1.82, 2.24) is 0 Å². The minimum Gasteiger partial charge on any atom is -0.403 e. The molecule has 1 nitrogen and oxygen atoms in total. The van der Waals surface area contributed by atoms with Crippen LogP contribution in [0.25, 0.3) is 0 Å². The van der Waals surface area contributed by atoms with Crippen molar-refractivity contribution in [3.63, 3.8) is 0 Å². The zero-order valence-corrected chi connectivity index (χ0v) is 17.4. The average Bonchev–Trinajstić information content (AvgIpc) is 2.65. The highest BCUT2D eigenvalue weighted by Crippen LogP contribution is 2.16. The molecule has 0 spiro atoms. The molecule has 0 aromatic heterocycles. The number of aryl methyl sites for hydroxylation is 3. The molecule has 3 heteroatoms. The maximum absolute atomic E-state index is 6.79. The van der Waals surface area contributed by atoms with Gasteiger partial charge in [0.15, 0.2) is 0 Å².